The maximum absolute atomic E-state index is 5.60. The van der Waals surface area contributed by atoms with E-state index >= 15 is 0 Å². The summed E-state index contributed by atoms with van der Waals surface area (Å²) >= 11 is 0. The standard InChI is InChI=1S/C14H24N2O/c1-4-11(2)16(3)10-14-12(7-8-17-14)9-15-13-5-6-13/h7-8,11,13,15H,4-6,9-10H2,1-3H3. The van der Waals surface area contributed by atoms with E-state index in [4.69, 9.17) is 4.42 Å². The Balaban J connectivity index is 1.88. The molecule has 3 heteroatoms. The summed E-state index contributed by atoms with van der Waals surface area (Å²) in [6, 6.07) is 3.45. The van der Waals surface area contributed by atoms with Crippen LogP contribution in [0, 0.1) is 0 Å². The second kappa shape index (κ2) is 5.69. The lowest BCUT2D eigenvalue weighted by Crippen LogP contribution is -2.28. The summed E-state index contributed by atoms with van der Waals surface area (Å²) in [6.07, 6.45) is 5.65. The van der Waals surface area contributed by atoms with Crippen LogP contribution in [0.2, 0.25) is 0 Å². The number of hydrogen-bond acceptors (Lipinski definition) is 3. The van der Waals surface area contributed by atoms with Gasteiger partial charge in [-0.15, -0.1) is 0 Å². The van der Waals surface area contributed by atoms with Crippen molar-refractivity contribution in [3.05, 3.63) is 23.7 Å². The summed E-state index contributed by atoms with van der Waals surface area (Å²) < 4.78 is 5.60. The van der Waals surface area contributed by atoms with E-state index < -0.39 is 0 Å². The molecule has 0 bridgehead atoms. The van der Waals surface area contributed by atoms with Crippen LogP contribution < -0.4 is 5.32 Å². The fraction of sp³-hybridized carbons (Fsp3) is 0.714. The van der Waals surface area contributed by atoms with Gasteiger partial charge in [-0.05, 0) is 39.3 Å². The van der Waals surface area contributed by atoms with Gasteiger partial charge in [0.05, 0.1) is 12.8 Å². The molecular formula is C14H24N2O. The summed E-state index contributed by atoms with van der Waals surface area (Å²) in [6.45, 7) is 6.33. The van der Waals surface area contributed by atoms with Crippen LogP contribution in [0.5, 0.6) is 0 Å². The smallest absolute Gasteiger partial charge is 0.122 e. The van der Waals surface area contributed by atoms with E-state index in [9.17, 15) is 0 Å². The molecule has 1 atom stereocenters. The number of nitrogens with zero attached hydrogens (tertiary/aromatic N) is 1. The fourth-order valence-electron chi connectivity index (χ4n) is 1.90. The number of furan rings is 1. The first-order valence-electron chi connectivity index (χ1n) is 6.69. The molecule has 1 aliphatic carbocycles. The molecule has 1 aromatic heterocycles. The Kier molecular flexibility index (Phi) is 4.24. The first-order valence-corrected chi connectivity index (χ1v) is 6.69. The van der Waals surface area contributed by atoms with Crippen molar-refractivity contribution in [3.8, 4) is 0 Å². The van der Waals surface area contributed by atoms with E-state index in [0.29, 0.717) is 6.04 Å². The van der Waals surface area contributed by atoms with E-state index in [2.05, 4.69) is 37.2 Å². The molecule has 1 N–H and O–H groups in total. The third-order valence-corrected chi connectivity index (χ3v) is 3.73. The first-order chi connectivity index (χ1) is 8.20. The number of hydrogen-bond donors (Lipinski definition) is 1. The zero-order valence-electron chi connectivity index (χ0n) is 11.2. The molecule has 0 amide bonds. The fourth-order valence-corrected chi connectivity index (χ4v) is 1.90. The van der Waals surface area contributed by atoms with Crippen LogP contribution >= 0.6 is 0 Å². The van der Waals surface area contributed by atoms with Gasteiger partial charge in [-0.2, -0.15) is 0 Å². The van der Waals surface area contributed by atoms with E-state index in [1.807, 2.05) is 6.26 Å². The molecule has 1 unspecified atom stereocenters. The first kappa shape index (κ1) is 12.7. The molecular weight excluding hydrogens is 212 g/mol. The van der Waals surface area contributed by atoms with Gasteiger partial charge >= 0.3 is 0 Å². The molecule has 96 valence electrons. The van der Waals surface area contributed by atoms with Gasteiger partial charge in [0.1, 0.15) is 5.76 Å². The molecule has 0 aliphatic heterocycles. The van der Waals surface area contributed by atoms with Crippen molar-refractivity contribution in [1.82, 2.24) is 10.2 Å². The summed E-state index contributed by atoms with van der Waals surface area (Å²) in [5.41, 5.74) is 1.31. The Bertz CT molecular complexity index is 344. The van der Waals surface area contributed by atoms with E-state index in [1.165, 1.54) is 24.8 Å². The zero-order chi connectivity index (χ0) is 12.3. The van der Waals surface area contributed by atoms with Crippen molar-refractivity contribution in [1.29, 1.82) is 0 Å². The summed E-state index contributed by atoms with van der Waals surface area (Å²) in [4.78, 5) is 2.35. The average molecular weight is 236 g/mol. The van der Waals surface area contributed by atoms with Crippen molar-refractivity contribution in [2.75, 3.05) is 7.05 Å². The molecule has 1 aromatic rings. The lowest BCUT2D eigenvalue weighted by Gasteiger charge is -2.22. The Labute approximate surface area is 104 Å². The van der Waals surface area contributed by atoms with Gasteiger partial charge in [0.15, 0.2) is 0 Å². The monoisotopic (exact) mass is 236 g/mol. The average Bonchev–Trinajstić information content (AvgIpc) is 3.06. The van der Waals surface area contributed by atoms with Crippen molar-refractivity contribution in [2.24, 2.45) is 0 Å². The molecule has 0 radical (unpaired) electrons. The minimum absolute atomic E-state index is 0.601. The Morgan fingerprint density at radius 2 is 2.29 bits per heavy atom. The van der Waals surface area contributed by atoms with E-state index in [0.717, 1.165) is 24.9 Å². The van der Waals surface area contributed by atoms with Crippen LogP contribution in [0.4, 0.5) is 0 Å². The molecule has 17 heavy (non-hydrogen) atoms. The van der Waals surface area contributed by atoms with Gasteiger partial charge in [-0.1, -0.05) is 6.92 Å². The van der Waals surface area contributed by atoms with Crippen molar-refractivity contribution in [3.63, 3.8) is 0 Å². The molecule has 0 spiro atoms. The van der Waals surface area contributed by atoms with E-state index in [-0.39, 0.29) is 0 Å². The second-order valence-electron chi connectivity index (χ2n) is 5.20. The maximum Gasteiger partial charge on any atom is 0.122 e. The van der Waals surface area contributed by atoms with Gasteiger partial charge in [-0.25, -0.2) is 0 Å². The van der Waals surface area contributed by atoms with Crippen LogP contribution in [0.15, 0.2) is 16.7 Å². The molecule has 1 saturated carbocycles. The molecule has 2 rings (SSSR count). The lowest BCUT2D eigenvalue weighted by atomic mass is 10.2. The minimum atomic E-state index is 0.601. The Morgan fingerprint density at radius 3 is 2.94 bits per heavy atom. The normalized spacial score (nSPS) is 17.6. The Morgan fingerprint density at radius 1 is 1.53 bits per heavy atom. The topological polar surface area (TPSA) is 28.4 Å². The maximum atomic E-state index is 5.60. The highest BCUT2D eigenvalue weighted by Crippen LogP contribution is 2.21. The van der Waals surface area contributed by atoms with Crippen LogP contribution in [-0.2, 0) is 13.1 Å². The van der Waals surface area contributed by atoms with Gasteiger partial charge < -0.3 is 9.73 Å². The zero-order valence-corrected chi connectivity index (χ0v) is 11.2. The summed E-state index contributed by atoms with van der Waals surface area (Å²) in [5.74, 6) is 1.11. The highest BCUT2D eigenvalue weighted by Gasteiger charge is 2.21. The predicted octanol–water partition coefficient (Wildman–Crippen LogP) is 2.76. The molecule has 1 heterocycles. The highest BCUT2D eigenvalue weighted by atomic mass is 16.3. The highest BCUT2D eigenvalue weighted by molar-refractivity contribution is 5.17. The molecule has 0 aromatic carbocycles. The molecule has 3 nitrogen and oxygen atoms in total. The second-order valence-corrected chi connectivity index (χ2v) is 5.20. The largest absolute Gasteiger partial charge is 0.468 e. The van der Waals surface area contributed by atoms with Crippen molar-refractivity contribution >= 4 is 0 Å². The molecule has 1 aliphatic rings. The van der Waals surface area contributed by atoms with Gasteiger partial charge in [0.25, 0.3) is 0 Å². The SMILES string of the molecule is CCC(C)N(C)Cc1occc1CNC1CC1. The third-order valence-electron chi connectivity index (χ3n) is 3.73. The van der Waals surface area contributed by atoms with Crippen LogP contribution in [0.25, 0.3) is 0 Å². The molecule has 1 fully saturated rings. The van der Waals surface area contributed by atoms with Crippen LogP contribution in [0.3, 0.4) is 0 Å². The van der Waals surface area contributed by atoms with Crippen molar-refractivity contribution < 1.29 is 4.42 Å². The predicted molar refractivity (Wildman–Crippen MR) is 69.8 cm³/mol. The Hall–Kier alpha value is -0.800. The number of rotatable bonds is 7. The van der Waals surface area contributed by atoms with Gasteiger partial charge in [-0.3, -0.25) is 4.90 Å². The van der Waals surface area contributed by atoms with Gasteiger partial charge in [0, 0.05) is 24.2 Å². The quantitative estimate of drug-likeness (QED) is 0.789. The lowest BCUT2D eigenvalue weighted by molar-refractivity contribution is 0.224. The van der Waals surface area contributed by atoms with Crippen molar-refractivity contribution in [2.45, 2.75) is 58.3 Å². The number of nitrogens with one attached hydrogen (secondary N) is 1. The summed E-state index contributed by atoms with van der Waals surface area (Å²) in [7, 11) is 2.16. The van der Waals surface area contributed by atoms with Gasteiger partial charge in [0.2, 0.25) is 0 Å². The summed E-state index contributed by atoms with van der Waals surface area (Å²) in [5, 5.41) is 3.54. The van der Waals surface area contributed by atoms with E-state index in [1.54, 1.807) is 0 Å². The third kappa shape index (κ3) is 3.58. The molecule has 0 saturated heterocycles. The van der Waals surface area contributed by atoms with Crippen LogP contribution in [-0.4, -0.2) is 24.0 Å². The minimum Gasteiger partial charge on any atom is -0.468 e. The van der Waals surface area contributed by atoms with Crippen LogP contribution in [0.1, 0.15) is 44.4 Å².